The topological polar surface area (TPSA) is 76.2 Å². The van der Waals surface area contributed by atoms with Crippen molar-refractivity contribution >= 4 is 29.5 Å². The number of nitrogens with zero attached hydrogens (tertiary/aromatic N) is 2. The molecular weight excluding hydrogens is 336 g/mol. The lowest BCUT2D eigenvalue weighted by molar-refractivity contribution is -0.135. The van der Waals surface area contributed by atoms with E-state index in [0.717, 1.165) is 0 Å². The zero-order valence-corrected chi connectivity index (χ0v) is 13.7. The van der Waals surface area contributed by atoms with Gasteiger partial charge < -0.3 is 14.4 Å². The summed E-state index contributed by atoms with van der Waals surface area (Å²) >= 11 is 5.79. The summed E-state index contributed by atoms with van der Waals surface area (Å²) < 4.78 is 10.2. The summed E-state index contributed by atoms with van der Waals surface area (Å²) in [4.78, 5) is 38.3. The molecule has 1 aromatic rings. The molecule has 0 unspecified atom stereocenters. The van der Waals surface area contributed by atoms with Crippen molar-refractivity contribution in [1.82, 2.24) is 9.80 Å². The fraction of sp³-hybridized carbons (Fsp3) is 0.438. The summed E-state index contributed by atoms with van der Waals surface area (Å²) in [6, 6.07) is 6.59. The lowest BCUT2D eigenvalue weighted by Crippen LogP contribution is -2.49. The van der Waals surface area contributed by atoms with Gasteiger partial charge in [-0.05, 0) is 37.1 Å². The molecule has 0 N–H and O–H groups in total. The predicted molar refractivity (Wildman–Crippen MR) is 84.7 cm³/mol. The first-order valence-electron chi connectivity index (χ1n) is 7.69. The van der Waals surface area contributed by atoms with Crippen LogP contribution in [0.5, 0.6) is 5.75 Å². The number of rotatable bonds is 4. The second-order valence-corrected chi connectivity index (χ2v) is 6.11. The molecule has 0 radical (unpaired) electrons. The summed E-state index contributed by atoms with van der Waals surface area (Å²) in [6.07, 6.45) is 0.511. The lowest BCUT2D eigenvalue weighted by atomic mass is 10.0. The van der Waals surface area contributed by atoms with E-state index in [1.807, 2.05) is 0 Å². The third kappa shape index (κ3) is 3.62. The quantitative estimate of drug-likeness (QED) is 0.824. The van der Waals surface area contributed by atoms with Crippen LogP contribution >= 0.6 is 11.6 Å². The van der Waals surface area contributed by atoms with Crippen molar-refractivity contribution in [3.05, 3.63) is 29.3 Å². The van der Waals surface area contributed by atoms with E-state index in [4.69, 9.17) is 21.1 Å². The minimum atomic E-state index is -0.587. The first-order valence-corrected chi connectivity index (χ1v) is 8.07. The number of benzene rings is 1. The number of amides is 3. The first kappa shape index (κ1) is 16.6. The van der Waals surface area contributed by atoms with Crippen LogP contribution in [0.4, 0.5) is 4.79 Å². The lowest BCUT2D eigenvalue weighted by Gasteiger charge is -2.34. The third-order valence-corrected chi connectivity index (χ3v) is 4.39. The monoisotopic (exact) mass is 352 g/mol. The van der Waals surface area contributed by atoms with Gasteiger partial charge >= 0.3 is 6.09 Å². The van der Waals surface area contributed by atoms with Crippen molar-refractivity contribution in [3.8, 4) is 5.75 Å². The van der Waals surface area contributed by atoms with Crippen LogP contribution in [0, 0.1) is 0 Å². The van der Waals surface area contributed by atoms with Crippen molar-refractivity contribution in [3.63, 3.8) is 0 Å². The maximum absolute atomic E-state index is 12.2. The normalized spacial score (nSPS) is 18.7. The Morgan fingerprint density at radius 3 is 2.46 bits per heavy atom. The molecule has 7 nitrogen and oxygen atoms in total. The highest BCUT2D eigenvalue weighted by molar-refractivity contribution is 6.30. The van der Waals surface area contributed by atoms with Gasteiger partial charge in [0.05, 0.1) is 0 Å². The highest BCUT2D eigenvalue weighted by atomic mass is 35.5. The standard InChI is InChI=1S/C16H17ClN2O5/c17-11-1-3-13(4-2-11)23-9-14(20)18-7-5-12(6-8-18)19-15(21)10-24-16(19)22/h1-4,12H,5-10H2. The molecule has 128 valence electrons. The average Bonchev–Trinajstić information content (AvgIpc) is 2.93. The molecule has 2 saturated heterocycles. The van der Waals surface area contributed by atoms with Crippen LogP contribution in [0.1, 0.15) is 12.8 Å². The number of hydrogen-bond acceptors (Lipinski definition) is 5. The van der Waals surface area contributed by atoms with Crippen molar-refractivity contribution in [2.45, 2.75) is 18.9 Å². The fourth-order valence-corrected chi connectivity index (χ4v) is 2.98. The zero-order valence-electron chi connectivity index (χ0n) is 12.9. The molecule has 3 rings (SSSR count). The van der Waals surface area contributed by atoms with Crippen LogP contribution in [0.2, 0.25) is 5.02 Å². The molecule has 2 aliphatic rings. The van der Waals surface area contributed by atoms with Crippen LogP contribution < -0.4 is 4.74 Å². The molecule has 0 atom stereocenters. The van der Waals surface area contributed by atoms with Crippen molar-refractivity contribution < 1.29 is 23.9 Å². The summed E-state index contributed by atoms with van der Waals surface area (Å²) in [7, 11) is 0. The zero-order chi connectivity index (χ0) is 17.1. The molecule has 2 aliphatic heterocycles. The molecule has 3 amide bonds. The Kier molecular flexibility index (Phi) is 4.89. The number of carbonyl (C=O) groups excluding carboxylic acids is 3. The summed E-state index contributed by atoms with van der Waals surface area (Å²) in [5, 5.41) is 0.603. The third-order valence-electron chi connectivity index (χ3n) is 4.14. The minimum Gasteiger partial charge on any atom is -0.484 e. The van der Waals surface area contributed by atoms with Gasteiger partial charge in [-0.2, -0.15) is 0 Å². The second-order valence-electron chi connectivity index (χ2n) is 5.67. The highest BCUT2D eigenvalue weighted by Crippen LogP contribution is 2.21. The van der Waals surface area contributed by atoms with Gasteiger partial charge in [-0.25, -0.2) is 9.69 Å². The Hall–Kier alpha value is -2.28. The van der Waals surface area contributed by atoms with E-state index in [-0.39, 0.29) is 31.1 Å². The number of cyclic esters (lactones) is 1. The van der Waals surface area contributed by atoms with Gasteiger partial charge in [0, 0.05) is 24.2 Å². The van der Waals surface area contributed by atoms with Crippen LogP contribution in [-0.4, -0.2) is 60.1 Å². The molecule has 0 bridgehead atoms. The van der Waals surface area contributed by atoms with Crippen molar-refractivity contribution in [2.75, 3.05) is 26.3 Å². The van der Waals surface area contributed by atoms with Gasteiger partial charge in [0.1, 0.15) is 5.75 Å². The predicted octanol–water partition coefficient (Wildman–Crippen LogP) is 1.69. The Labute approximate surface area is 144 Å². The molecule has 0 saturated carbocycles. The van der Waals surface area contributed by atoms with Crippen LogP contribution in [0.25, 0.3) is 0 Å². The summed E-state index contributed by atoms with van der Waals surface area (Å²) in [6.45, 7) is 0.707. The largest absolute Gasteiger partial charge is 0.484 e. The molecule has 1 aromatic carbocycles. The van der Waals surface area contributed by atoms with Gasteiger partial charge in [0.2, 0.25) is 0 Å². The fourth-order valence-electron chi connectivity index (χ4n) is 2.86. The van der Waals surface area contributed by atoms with E-state index >= 15 is 0 Å². The maximum atomic E-state index is 12.2. The number of halogens is 1. The maximum Gasteiger partial charge on any atom is 0.417 e. The van der Waals surface area contributed by atoms with Crippen molar-refractivity contribution in [1.29, 1.82) is 0 Å². The van der Waals surface area contributed by atoms with Gasteiger partial charge in [0.15, 0.2) is 13.2 Å². The molecule has 0 aromatic heterocycles. The number of piperidine rings is 1. The highest BCUT2D eigenvalue weighted by Gasteiger charge is 2.38. The van der Waals surface area contributed by atoms with E-state index in [0.29, 0.717) is 36.7 Å². The second kappa shape index (κ2) is 7.09. The van der Waals surface area contributed by atoms with Gasteiger partial charge in [-0.3, -0.25) is 9.59 Å². The molecule has 2 heterocycles. The Balaban J connectivity index is 1.47. The van der Waals surface area contributed by atoms with E-state index in [1.54, 1.807) is 29.2 Å². The number of imide groups is 1. The van der Waals surface area contributed by atoms with E-state index in [9.17, 15) is 14.4 Å². The summed E-state index contributed by atoms with van der Waals surface area (Å²) in [5.41, 5.74) is 0. The smallest absolute Gasteiger partial charge is 0.417 e. The van der Waals surface area contributed by atoms with E-state index < -0.39 is 6.09 Å². The molecular formula is C16H17ClN2O5. The number of likely N-dealkylation sites (tertiary alicyclic amines) is 1. The first-order chi connectivity index (χ1) is 11.5. The number of carbonyl (C=O) groups is 3. The van der Waals surface area contributed by atoms with E-state index in [1.165, 1.54) is 4.90 Å². The Morgan fingerprint density at radius 1 is 1.21 bits per heavy atom. The molecule has 0 spiro atoms. The molecule has 0 aliphatic carbocycles. The SMILES string of the molecule is O=C(COc1ccc(Cl)cc1)N1CCC(N2C(=O)COC2=O)CC1. The Morgan fingerprint density at radius 2 is 1.88 bits per heavy atom. The number of hydrogen-bond donors (Lipinski definition) is 0. The van der Waals surface area contributed by atoms with Crippen LogP contribution in [0.3, 0.4) is 0 Å². The molecule has 8 heteroatoms. The Bertz CT molecular complexity index is 624. The van der Waals surface area contributed by atoms with Crippen LogP contribution in [-0.2, 0) is 14.3 Å². The van der Waals surface area contributed by atoms with E-state index in [2.05, 4.69) is 0 Å². The van der Waals surface area contributed by atoms with Gasteiger partial charge in [-0.15, -0.1) is 0 Å². The summed E-state index contributed by atoms with van der Waals surface area (Å²) in [5.74, 6) is 0.141. The molecule has 24 heavy (non-hydrogen) atoms. The van der Waals surface area contributed by atoms with Crippen molar-refractivity contribution in [2.24, 2.45) is 0 Å². The number of ether oxygens (including phenoxy) is 2. The molecule has 2 fully saturated rings. The average molecular weight is 353 g/mol. The minimum absolute atomic E-state index is 0.0585. The van der Waals surface area contributed by atoms with Crippen LogP contribution in [0.15, 0.2) is 24.3 Å². The van der Waals surface area contributed by atoms with Gasteiger partial charge in [-0.1, -0.05) is 11.6 Å². The van der Waals surface area contributed by atoms with Gasteiger partial charge in [0.25, 0.3) is 11.8 Å².